The maximum absolute atomic E-state index is 11.6. The van der Waals surface area contributed by atoms with Crippen molar-refractivity contribution in [2.24, 2.45) is 5.73 Å². The Hall–Kier alpha value is -2.20. The lowest BCUT2D eigenvalue weighted by Crippen LogP contribution is -2.45. The highest BCUT2D eigenvalue weighted by Crippen LogP contribution is 2.06. The molecule has 3 nitrogen and oxygen atoms in total. The van der Waals surface area contributed by atoms with Crippen molar-refractivity contribution in [3.63, 3.8) is 0 Å². The van der Waals surface area contributed by atoms with Crippen LogP contribution in [0.25, 0.3) is 0 Å². The molecule has 4 heteroatoms. The van der Waals surface area contributed by atoms with Crippen LogP contribution in [0.3, 0.4) is 0 Å². The molecule has 0 aliphatic heterocycles. The van der Waals surface area contributed by atoms with E-state index in [1.54, 1.807) is 0 Å². The van der Waals surface area contributed by atoms with Crippen LogP contribution in [-0.2, 0) is 17.6 Å². The Bertz CT molecular complexity index is 638. The molecule has 0 aliphatic rings. The number of thiocarbonyl (C=S) groups is 1. The molecule has 3 N–H and O–H groups in total. The molecule has 0 unspecified atom stereocenters. The van der Waals surface area contributed by atoms with Crippen LogP contribution in [0.4, 0.5) is 0 Å². The highest BCUT2D eigenvalue weighted by atomic mass is 32.1. The average molecular weight is 312 g/mol. The van der Waals surface area contributed by atoms with Gasteiger partial charge in [0, 0.05) is 12.8 Å². The molecule has 114 valence electrons. The summed E-state index contributed by atoms with van der Waals surface area (Å²) in [4.78, 5) is 12.3. The molecule has 0 aliphatic carbocycles. The first-order valence-electron chi connectivity index (χ1n) is 7.23. The lowest BCUT2D eigenvalue weighted by atomic mass is 10.0. The van der Waals surface area contributed by atoms with Gasteiger partial charge in [-0.25, -0.2) is 0 Å². The van der Waals surface area contributed by atoms with Gasteiger partial charge in [-0.1, -0.05) is 72.4 Å². The van der Waals surface area contributed by atoms with Gasteiger partial charge >= 0.3 is 0 Å². The molecule has 2 rings (SSSR count). The highest BCUT2D eigenvalue weighted by Gasteiger charge is 2.16. The van der Waals surface area contributed by atoms with Gasteiger partial charge in [0.25, 0.3) is 0 Å². The molecule has 0 bridgehead atoms. The summed E-state index contributed by atoms with van der Waals surface area (Å²) in [6.07, 6.45) is 1.14. The molecule has 0 saturated carbocycles. The summed E-state index contributed by atoms with van der Waals surface area (Å²) in [5.41, 5.74) is 8.86. The Morgan fingerprint density at radius 3 is 2.32 bits per heavy atom. The Balaban J connectivity index is 1.97. The van der Waals surface area contributed by atoms with Gasteiger partial charge < -0.3 is 11.1 Å². The zero-order valence-electron chi connectivity index (χ0n) is 12.6. The first-order chi connectivity index (χ1) is 10.5. The molecule has 2 aromatic carbocycles. The second-order valence-corrected chi connectivity index (χ2v) is 5.87. The Kier molecular flexibility index (Phi) is 5.67. The number of primary amides is 1. The molecule has 1 amide bonds. The van der Waals surface area contributed by atoms with Crippen molar-refractivity contribution in [3.8, 4) is 0 Å². The van der Waals surface area contributed by atoms with E-state index in [4.69, 9.17) is 18.0 Å². The Morgan fingerprint density at radius 2 is 1.73 bits per heavy atom. The first kappa shape index (κ1) is 16.2. The van der Waals surface area contributed by atoms with E-state index in [0.717, 1.165) is 11.1 Å². The molecular weight excluding hydrogens is 292 g/mol. The third kappa shape index (κ3) is 4.97. The summed E-state index contributed by atoms with van der Waals surface area (Å²) in [5.74, 6) is -0.393. The number of benzene rings is 2. The molecule has 2 aromatic rings. The number of carbonyl (C=O) groups excluding carboxylic acids is 1. The van der Waals surface area contributed by atoms with Crippen LogP contribution in [0.5, 0.6) is 0 Å². The van der Waals surface area contributed by atoms with Crippen LogP contribution in [0.1, 0.15) is 16.7 Å². The molecule has 22 heavy (non-hydrogen) atoms. The van der Waals surface area contributed by atoms with Crippen LogP contribution >= 0.6 is 12.2 Å². The summed E-state index contributed by atoms with van der Waals surface area (Å²) in [5, 5.41) is 3.08. The predicted molar refractivity (Wildman–Crippen MR) is 93.7 cm³/mol. The van der Waals surface area contributed by atoms with Crippen molar-refractivity contribution >= 4 is 23.1 Å². The number of hydrogen-bond acceptors (Lipinski definition) is 2. The van der Waals surface area contributed by atoms with Crippen molar-refractivity contribution < 1.29 is 4.79 Å². The normalized spacial score (nSPS) is 11.7. The standard InChI is InChI=1S/C18H20N2OS/c1-13-7-9-15(10-8-13)12-17(22)20-16(18(19)21)11-14-5-3-2-4-6-14/h2-10,16H,11-12H2,1H3,(H2,19,21)(H,20,22)/t16-/m0/s1. The molecule has 1 atom stereocenters. The van der Waals surface area contributed by atoms with Gasteiger partial charge in [-0.3, -0.25) is 4.79 Å². The molecule has 0 aromatic heterocycles. The Labute approximate surface area is 136 Å². The summed E-state index contributed by atoms with van der Waals surface area (Å²) in [6.45, 7) is 2.04. The van der Waals surface area contributed by atoms with E-state index in [0.29, 0.717) is 17.8 Å². The van der Waals surface area contributed by atoms with Gasteiger partial charge in [0.2, 0.25) is 5.91 Å². The van der Waals surface area contributed by atoms with Gasteiger partial charge in [-0.05, 0) is 18.1 Å². The molecule has 0 saturated heterocycles. The van der Waals surface area contributed by atoms with E-state index in [1.807, 2.05) is 61.5 Å². The van der Waals surface area contributed by atoms with Gasteiger partial charge in [-0.2, -0.15) is 0 Å². The van der Waals surface area contributed by atoms with E-state index in [1.165, 1.54) is 5.56 Å². The van der Waals surface area contributed by atoms with Crippen LogP contribution in [0.15, 0.2) is 54.6 Å². The van der Waals surface area contributed by atoms with Crippen molar-refractivity contribution in [1.29, 1.82) is 0 Å². The van der Waals surface area contributed by atoms with E-state index in [-0.39, 0.29) is 0 Å². The van der Waals surface area contributed by atoms with Crippen LogP contribution < -0.4 is 11.1 Å². The minimum atomic E-state index is -0.486. The van der Waals surface area contributed by atoms with Gasteiger partial charge in [0.15, 0.2) is 0 Å². The quantitative estimate of drug-likeness (QED) is 0.806. The number of rotatable bonds is 6. The third-order valence-corrected chi connectivity index (χ3v) is 3.71. The second kappa shape index (κ2) is 7.71. The van der Waals surface area contributed by atoms with Gasteiger partial charge in [0.05, 0.1) is 4.99 Å². The summed E-state index contributed by atoms with van der Waals surface area (Å²) < 4.78 is 0. The molecule has 0 spiro atoms. The number of nitrogens with one attached hydrogen (secondary N) is 1. The summed E-state index contributed by atoms with van der Waals surface area (Å²) in [7, 11) is 0. The maximum Gasteiger partial charge on any atom is 0.240 e. The largest absolute Gasteiger partial charge is 0.368 e. The summed E-state index contributed by atoms with van der Waals surface area (Å²) in [6, 6.07) is 17.5. The number of carbonyl (C=O) groups is 1. The number of nitrogens with two attached hydrogens (primary N) is 1. The van der Waals surface area contributed by atoms with E-state index in [9.17, 15) is 4.79 Å². The van der Waals surface area contributed by atoms with Crippen molar-refractivity contribution in [2.45, 2.75) is 25.8 Å². The lowest BCUT2D eigenvalue weighted by Gasteiger charge is -2.17. The lowest BCUT2D eigenvalue weighted by molar-refractivity contribution is -0.119. The van der Waals surface area contributed by atoms with E-state index < -0.39 is 11.9 Å². The maximum atomic E-state index is 11.6. The minimum Gasteiger partial charge on any atom is -0.368 e. The minimum absolute atomic E-state index is 0.393. The highest BCUT2D eigenvalue weighted by molar-refractivity contribution is 7.80. The van der Waals surface area contributed by atoms with Crippen molar-refractivity contribution in [2.75, 3.05) is 0 Å². The second-order valence-electron chi connectivity index (χ2n) is 5.37. The predicted octanol–water partition coefficient (Wildman–Crippen LogP) is 2.55. The molecule has 0 heterocycles. The van der Waals surface area contributed by atoms with Crippen LogP contribution in [0, 0.1) is 6.92 Å². The smallest absolute Gasteiger partial charge is 0.240 e. The fraction of sp³-hybridized carbons (Fsp3) is 0.222. The monoisotopic (exact) mass is 312 g/mol. The zero-order chi connectivity index (χ0) is 15.9. The first-order valence-corrected chi connectivity index (χ1v) is 7.63. The Morgan fingerprint density at radius 1 is 1.09 bits per heavy atom. The topological polar surface area (TPSA) is 55.1 Å². The van der Waals surface area contributed by atoms with Crippen molar-refractivity contribution in [1.82, 2.24) is 5.32 Å². The molecule has 0 fully saturated rings. The fourth-order valence-electron chi connectivity index (χ4n) is 2.21. The third-order valence-electron chi connectivity index (χ3n) is 3.45. The van der Waals surface area contributed by atoms with Gasteiger partial charge in [-0.15, -0.1) is 0 Å². The van der Waals surface area contributed by atoms with Gasteiger partial charge in [0.1, 0.15) is 6.04 Å². The van der Waals surface area contributed by atoms with Crippen LogP contribution in [-0.4, -0.2) is 16.9 Å². The SMILES string of the molecule is Cc1ccc(CC(=S)N[C@@H](Cc2ccccc2)C(N)=O)cc1. The van der Waals surface area contributed by atoms with Crippen LogP contribution in [0.2, 0.25) is 0 Å². The van der Waals surface area contributed by atoms with E-state index >= 15 is 0 Å². The summed E-state index contributed by atoms with van der Waals surface area (Å²) >= 11 is 5.36. The number of amides is 1. The fourth-order valence-corrected chi connectivity index (χ4v) is 2.52. The van der Waals surface area contributed by atoms with E-state index in [2.05, 4.69) is 5.32 Å². The molecular formula is C18H20N2OS. The number of aryl methyl sites for hydroxylation is 1. The number of hydrogen-bond donors (Lipinski definition) is 2. The zero-order valence-corrected chi connectivity index (χ0v) is 13.4. The molecule has 0 radical (unpaired) electrons. The van der Waals surface area contributed by atoms with Crippen molar-refractivity contribution in [3.05, 3.63) is 71.3 Å². The average Bonchev–Trinajstić information content (AvgIpc) is 2.50.